The van der Waals surface area contributed by atoms with Crippen LogP contribution >= 0.6 is 0 Å². The van der Waals surface area contributed by atoms with Crippen LogP contribution < -0.4 is 10.9 Å². The van der Waals surface area contributed by atoms with Gasteiger partial charge in [0.2, 0.25) is 11.7 Å². The number of para-hydroxylation sites is 1. The maximum Gasteiger partial charge on any atom is 0.349 e. The molecular weight excluding hydrogens is 382 g/mol. The minimum atomic E-state index is -0.679. The predicted octanol–water partition coefficient (Wildman–Crippen LogP) is 4.75. The van der Waals surface area contributed by atoms with Gasteiger partial charge < -0.3 is 14.3 Å². The first kappa shape index (κ1) is 18.3. The molecule has 0 bridgehead atoms. The van der Waals surface area contributed by atoms with Crippen LogP contribution in [-0.4, -0.2) is 16.0 Å². The molecule has 2 heterocycles. The van der Waals surface area contributed by atoms with Crippen molar-refractivity contribution in [3.05, 3.63) is 76.5 Å². The number of hydrogen-bond donors (Lipinski definition) is 1. The van der Waals surface area contributed by atoms with Crippen LogP contribution in [-0.2, 0) is 0 Å². The van der Waals surface area contributed by atoms with Crippen molar-refractivity contribution in [3.63, 3.8) is 0 Å². The molecule has 0 aliphatic heterocycles. The SMILES string of the molecule is O=C(Nc1cccc(-c2noc(C3CCCC3)n2)c1)c1cc2ccccc2oc1=O. The Hall–Kier alpha value is -3.74. The summed E-state index contributed by atoms with van der Waals surface area (Å²) >= 11 is 0. The van der Waals surface area contributed by atoms with Gasteiger partial charge in [0.25, 0.3) is 5.91 Å². The lowest BCUT2D eigenvalue weighted by Crippen LogP contribution is -2.20. The van der Waals surface area contributed by atoms with Gasteiger partial charge in [-0.1, -0.05) is 48.3 Å². The second kappa shape index (κ2) is 7.59. The first-order valence-corrected chi connectivity index (χ1v) is 9.96. The first-order chi connectivity index (χ1) is 14.7. The van der Waals surface area contributed by atoms with Gasteiger partial charge in [-0.05, 0) is 37.1 Å². The zero-order valence-corrected chi connectivity index (χ0v) is 16.1. The Bertz CT molecular complexity index is 1280. The Balaban J connectivity index is 1.39. The average Bonchev–Trinajstić information content (AvgIpc) is 3.45. The minimum Gasteiger partial charge on any atom is -0.422 e. The molecule has 1 N–H and O–H groups in total. The number of aromatic nitrogens is 2. The van der Waals surface area contributed by atoms with Crippen LogP contribution in [0.5, 0.6) is 0 Å². The molecule has 7 nitrogen and oxygen atoms in total. The molecule has 1 saturated carbocycles. The van der Waals surface area contributed by atoms with Crippen LogP contribution in [0.25, 0.3) is 22.4 Å². The lowest BCUT2D eigenvalue weighted by Gasteiger charge is -2.06. The fourth-order valence-corrected chi connectivity index (χ4v) is 3.85. The number of nitrogens with one attached hydrogen (secondary N) is 1. The van der Waals surface area contributed by atoms with Crippen LogP contribution in [0.1, 0.15) is 47.8 Å². The van der Waals surface area contributed by atoms with Gasteiger partial charge >= 0.3 is 5.63 Å². The fraction of sp³-hybridized carbons (Fsp3) is 0.217. The molecule has 4 aromatic rings. The zero-order chi connectivity index (χ0) is 20.5. The number of nitrogens with zero attached hydrogens (tertiary/aromatic N) is 2. The van der Waals surface area contributed by atoms with Gasteiger partial charge in [-0.15, -0.1) is 0 Å². The standard InChI is InChI=1S/C23H19N3O4/c27-21(18-13-15-8-3-4-11-19(15)29-23(18)28)24-17-10-5-9-16(12-17)20-25-22(30-26-20)14-6-1-2-7-14/h3-5,8-14H,1-2,6-7H2,(H,24,27). The summed E-state index contributed by atoms with van der Waals surface area (Å²) in [4.78, 5) is 29.4. The van der Waals surface area contributed by atoms with E-state index in [1.165, 1.54) is 18.9 Å². The van der Waals surface area contributed by atoms with Crippen molar-refractivity contribution in [1.82, 2.24) is 10.1 Å². The monoisotopic (exact) mass is 401 g/mol. The summed E-state index contributed by atoms with van der Waals surface area (Å²) in [5.41, 5.74) is 0.962. The molecule has 1 fully saturated rings. The molecule has 1 aliphatic rings. The van der Waals surface area contributed by atoms with E-state index in [1.807, 2.05) is 12.1 Å². The normalized spacial score (nSPS) is 14.3. The van der Waals surface area contributed by atoms with Crippen LogP contribution in [0.3, 0.4) is 0 Å². The number of carbonyl (C=O) groups excluding carboxylic acids is 1. The second-order valence-electron chi connectivity index (χ2n) is 7.46. The Morgan fingerprint density at radius 3 is 2.73 bits per heavy atom. The molecule has 150 valence electrons. The largest absolute Gasteiger partial charge is 0.422 e. The van der Waals surface area contributed by atoms with E-state index in [2.05, 4.69) is 15.5 Å². The molecular formula is C23H19N3O4. The van der Waals surface area contributed by atoms with Gasteiger partial charge in [-0.3, -0.25) is 4.79 Å². The molecule has 5 rings (SSSR count). The Kier molecular flexibility index (Phi) is 4.63. The van der Waals surface area contributed by atoms with E-state index < -0.39 is 11.5 Å². The number of fused-ring (bicyclic) bond motifs is 1. The highest BCUT2D eigenvalue weighted by molar-refractivity contribution is 6.05. The van der Waals surface area contributed by atoms with Crippen molar-refractivity contribution >= 4 is 22.6 Å². The lowest BCUT2D eigenvalue weighted by molar-refractivity contribution is 0.102. The smallest absolute Gasteiger partial charge is 0.349 e. The third-order valence-electron chi connectivity index (χ3n) is 5.41. The molecule has 0 radical (unpaired) electrons. The number of rotatable bonds is 4. The maximum atomic E-state index is 12.7. The van der Waals surface area contributed by atoms with Crippen molar-refractivity contribution < 1.29 is 13.7 Å². The molecule has 0 saturated heterocycles. The zero-order valence-electron chi connectivity index (χ0n) is 16.1. The van der Waals surface area contributed by atoms with E-state index in [9.17, 15) is 9.59 Å². The van der Waals surface area contributed by atoms with Crippen LogP contribution in [0.15, 0.2) is 68.3 Å². The Labute approximate surface area is 171 Å². The summed E-state index contributed by atoms with van der Waals surface area (Å²) in [5.74, 6) is 0.955. The molecule has 30 heavy (non-hydrogen) atoms. The van der Waals surface area contributed by atoms with Gasteiger partial charge in [0.05, 0.1) is 0 Å². The quantitative estimate of drug-likeness (QED) is 0.495. The van der Waals surface area contributed by atoms with Gasteiger partial charge in [-0.25, -0.2) is 4.79 Å². The lowest BCUT2D eigenvalue weighted by atomic mass is 10.1. The van der Waals surface area contributed by atoms with Crippen molar-refractivity contribution in [2.24, 2.45) is 0 Å². The summed E-state index contributed by atoms with van der Waals surface area (Å²) in [7, 11) is 0. The van der Waals surface area contributed by atoms with E-state index in [0.29, 0.717) is 34.3 Å². The van der Waals surface area contributed by atoms with Crippen LogP contribution in [0, 0.1) is 0 Å². The average molecular weight is 401 g/mol. The molecule has 1 aliphatic carbocycles. The van der Waals surface area contributed by atoms with Gasteiger partial charge in [0.1, 0.15) is 11.1 Å². The number of anilines is 1. The summed E-state index contributed by atoms with van der Waals surface area (Å²) in [5, 5.41) is 7.53. The van der Waals surface area contributed by atoms with E-state index >= 15 is 0 Å². The summed E-state index contributed by atoms with van der Waals surface area (Å²) in [6, 6.07) is 15.7. The Morgan fingerprint density at radius 1 is 1.03 bits per heavy atom. The first-order valence-electron chi connectivity index (χ1n) is 9.96. The number of benzene rings is 2. The van der Waals surface area contributed by atoms with Crippen molar-refractivity contribution in [3.8, 4) is 11.4 Å². The van der Waals surface area contributed by atoms with Crippen molar-refractivity contribution in [2.45, 2.75) is 31.6 Å². The van der Waals surface area contributed by atoms with E-state index in [0.717, 1.165) is 18.4 Å². The van der Waals surface area contributed by atoms with Gasteiger partial charge in [-0.2, -0.15) is 4.98 Å². The topological polar surface area (TPSA) is 98.2 Å². The van der Waals surface area contributed by atoms with E-state index in [1.54, 1.807) is 36.4 Å². The minimum absolute atomic E-state index is 0.0535. The van der Waals surface area contributed by atoms with Crippen LogP contribution in [0.4, 0.5) is 5.69 Å². The maximum absolute atomic E-state index is 12.7. The summed E-state index contributed by atoms with van der Waals surface area (Å²) in [6.45, 7) is 0. The summed E-state index contributed by atoms with van der Waals surface area (Å²) in [6.07, 6.45) is 4.53. The molecule has 0 unspecified atom stereocenters. The molecule has 2 aromatic heterocycles. The Morgan fingerprint density at radius 2 is 1.87 bits per heavy atom. The number of carbonyl (C=O) groups is 1. The van der Waals surface area contributed by atoms with E-state index in [4.69, 9.17) is 8.94 Å². The molecule has 7 heteroatoms. The fourth-order valence-electron chi connectivity index (χ4n) is 3.85. The molecule has 2 aromatic carbocycles. The van der Waals surface area contributed by atoms with Gasteiger partial charge in [0, 0.05) is 22.6 Å². The summed E-state index contributed by atoms with van der Waals surface area (Å²) < 4.78 is 10.7. The van der Waals surface area contributed by atoms with Crippen molar-refractivity contribution in [1.29, 1.82) is 0 Å². The highest BCUT2D eigenvalue weighted by Gasteiger charge is 2.23. The molecule has 0 spiro atoms. The highest BCUT2D eigenvalue weighted by atomic mass is 16.5. The third kappa shape index (κ3) is 3.50. The third-order valence-corrected chi connectivity index (χ3v) is 5.41. The highest BCUT2D eigenvalue weighted by Crippen LogP contribution is 2.34. The number of hydrogen-bond acceptors (Lipinski definition) is 6. The van der Waals surface area contributed by atoms with E-state index in [-0.39, 0.29) is 5.56 Å². The van der Waals surface area contributed by atoms with Crippen LogP contribution in [0.2, 0.25) is 0 Å². The van der Waals surface area contributed by atoms with Gasteiger partial charge in [0.15, 0.2) is 0 Å². The second-order valence-corrected chi connectivity index (χ2v) is 7.46. The predicted molar refractivity (Wildman–Crippen MR) is 111 cm³/mol. The molecule has 0 atom stereocenters. The van der Waals surface area contributed by atoms with Crippen molar-refractivity contribution in [2.75, 3.05) is 5.32 Å². The molecule has 1 amide bonds. The number of amides is 1.